The fourth-order valence-corrected chi connectivity index (χ4v) is 1.49. The van der Waals surface area contributed by atoms with Crippen LogP contribution < -0.4 is 0 Å². The molecule has 0 atom stereocenters. The van der Waals surface area contributed by atoms with E-state index < -0.39 is 0 Å². The summed E-state index contributed by atoms with van der Waals surface area (Å²) in [6, 6.07) is 6.07. The van der Waals surface area contributed by atoms with Crippen molar-refractivity contribution >= 4 is 11.0 Å². The third-order valence-corrected chi connectivity index (χ3v) is 2.27. The van der Waals surface area contributed by atoms with E-state index in [2.05, 4.69) is 11.1 Å². The Bertz CT molecular complexity index is 445. The molecule has 1 aromatic carbocycles. The number of rotatable bonds is 1. The van der Waals surface area contributed by atoms with Gasteiger partial charge in [-0.3, -0.25) is 0 Å². The highest BCUT2D eigenvalue weighted by molar-refractivity contribution is 5.76. The van der Waals surface area contributed by atoms with Crippen molar-refractivity contribution in [3.63, 3.8) is 0 Å². The second-order valence-corrected chi connectivity index (χ2v) is 3.24. The summed E-state index contributed by atoms with van der Waals surface area (Å²) in [5.74, 6) is 0.709. The first kappa shape index (κ1) is 8.26. The smallest absolute Gasteiger partial charge is 0.135 e. The molecule has 1 N–H and O–H groups in total. The zero-order valence-electron chi connectivity index (χ0n) is 7.78. The van der Waals surface area contributed by atoms with Crippen LogP contribution in [-0.4, -0.2) is 14.7 Å². The Morgan fingerprint density at radius 2 is 2.23 bits per heavy atom. The number of aliphatic hydroxyl groups excluding tert-OH is 1. The predicted molar refractivity (Wildman–Crippen MR) is 51.4 cm³/mol. The third kappa shape index (κ3) is 1.21. The maximum atomic E-state index is 9.01. The highest BCUT2D eigenvalue weighted by Crippen LogP contribution is 2.16. The molecule has 0 fully saturated rings. The molecular formula is C10H12N2O. The highest BCUT2D eigenvalue weighted by Gasteiger charge is 2.05. The van der Waals surface area contributed by atoms with Crippen LogP contribution in [0.25, 0.3) is 11.0 Å². The zero-order valence-corrected chi connectivity index (χ0v) is 7.78. The number of aryl methyl sites for hydroxylation is 2. The van der Waals surface area contributed by atoms with Gasteiger partial charge in [-0.2, -0.15) is 0 Å². The zero-order chi connectivity index (χ0) is 9.42. The molecule has 1 aromatic heterocycles. The van der Waals surface area contributed by atoms with Gasteiger partial charge in [0.25, 0.3) is 0 Å². The average molecular weight is 176 g/mol. The van der Waals surface area contributed by atoms with Gasteiger partial charge in [0.1, 0.15) is 12.4 Å². The molecule has 0 saturated heterocycles. The Kier molecular flexibility index (Phi) is 1.81. The minimum atomic E-state index is -0.00969. The number of benzene rings is 1. The molecule has 0 radical (unpaired) electrons. The van der Waals surface area contributed by atoms with Crippen LogP contribution in [0.1, 0.15) is 11.4 Å². The second-order valence-electron chi connectivity index (χ2n) is 3.24. The van der Waals surface area contributed by atoms with Gasteiger partial charge in [-0.05, 0) is 24.6 Å². The molecule has 13 heavy (non-hydrogen) atoms. The van der Waals surface area contributed by atoms with Gasteiger partial charge in [-0.25, -0.2) is 4.98 Å². The van der Waals surface area contributed by atoms with Gasteiger partial charge >= 0.3 is 0 Å². The topological polar surface area (TPSA) is 38.1 Å². The first-order valence-electron chi connectivity index (χ1n) is 4.25. The van der Waals surface area contributed by atoms with Crippen LogP contribution in [0.2, 0.25) is 0 Å². The lowest BCUT2D eigenvalue weighted by Crippen LogP contribution is -1.96. The van der Waals surface area contributed by atoms with E-state index in [1.807, 2.05) is 30.7 Å². The monoisotopic (exact) mass is 176 g/mol. The number of aliphatic hydroxyl groups is 1. The number of fused-ring (bicyclic) bond motifs is 1. The summed E-state index contributed by atoms with van der Waals surface area (Å²) >= 11 is 0. The largest absolute Gasteiger partial charge is 0.388 e. The SMILES string of the molecule is Cc1ccc2nc(CO)n(C)c2c1. The van der Waals surface area contributed by atoms with Gasteiger partial charge in [0, 0.05) is 7.05 Å². The van der Waals surface area contributed by atoms with Crippen molar-refractivity contribution in [2.45, 2.75) is 13.5 Å². The molecule has 0 bridgehead atoms. The minimum absolute atomic E-state index is 0.00969. The Labute approximate surface area is 76.6 Å². The van der Waals surface area contributed by atoms with Crippen LogP contribution in [0.15, 0.2) is 18.2 Å². The quantitative estimate of drug-likeness (QED) is 0.712. The first-order chi connectivity index (χ1) is 6.22. The van der Waals surface area contributed by atoms with Crippen molar-refractivity contribution in [2.75, 3.05) is 0 Å². The lowest BCUT2D eigenvalue weighted by molar-refractivity contribution is 0.268. The molecule has 2 rings (SSSR count). The number of hydrogen-bond acceptors (Lipinski definition) is 2. The van der Waals surface area contributed by atoms with Crippen molar-refractivity contribution in [3.8, 4) is 0 Å². The number of aromatic nitrogens is 2. The van der Waals surface area contributed by atoms with Crippen LogP contribution >= 0.6 is 0 Å². The van der Waals surface area contributed by atoms with E-state index in [1.165, 1.54) is 5.56 Å². The van der Waals surface area contributed by atoms with E-state index >= 15 is 0 Å². The van der Waals surface area contributed by atoms with Crippen molar-refractivity contribution in [1.29, 1.82) is 0 Å². The number of imidazole rings is 1. The number of hydrogen-bond donors (Lipinski definition) is 1. The van der Waals surface area contributed by atoms with Gasteiger partial charge in [0.05, 0.1) is 11.0 Å². The summed E-state index contributed by atoms with van der Waals surface area (Å²) in [6.45, 7) is 2.04. The summed E-state index contributed by atoms with van der Waals surface area (Å²) in [5, 5.41) is 9.01. The normalized spacial score (nSPS) is 11.0. The summed E-state index contributed by atoms with van der Waals surface area (Å²) in [5.41, 5.74) is 3.22. The summed E-state index contributed by atoms with van der Waals surface area (Å²) in [4.78, 5) is 4.28. The molecule has 0 aliphatic carbocycles. The molecule has 0 unspecified atom stereocenters. The van der Waals surface area contributed by atoms with E-state index in [9.17, 15) is 0 Å². The molecule has 3 heteroatoms. The molecule has 68 valence electrons. The van der Waals surface area contributed by atoms with Gasteiger partial charge in [0.2, 0.25) is 0 Å². The Hall–Kier alpha value is -1.35. The fraction of sp³-hybridized carbons (Fsp3) is 0.300. The predicted octanol–water partition coefficient (Wildman–Crippen LogP) is 1.37. The average Bonchev–Trinajstić information content (AvgIpc) is 2.44. The van der Waals surface area contributed by atoms with Crippen LogP contribution in [0.3, 0.4) is 0 Å². The lowest BCUT2D eigenvalue weighted by atomic mass is 10.2. The Morgan fingerprint density at radius 1 is 1.46 bits per heavy atom. The van der Waals surface area contributed by atoms with Crippen LogP contribution in [0, 0.1) is 6.92 Å². The van der Waals surface area contributed by atoms with E-state index in [0.29, 0.717) is 5.82 Å². The Morgan fingerprint density at radius 3 is 2.92 bits per heavy atom. The standard InChI is InChI=1S/C10H12N2O/c1-7-3-4-8-9(5-7)12(2)10(6-13)11-8/h3-5,13H,6H2,1-2H3. The van der Waals surface area contributed by atoms with Crippen molar-refractivity contribution in [3.05, 3.63) is 29.6 Å². The second kappa shape index (κ2) is 2.85. The molecule has 3 nitrogen and oxygen atoms in total. The molecule has 0 saturated carbocycles. The molecule has 1 heterocycles. The molecule has 0 amide bonds. The van der Waals surface area contributed by atoms with Gasteiger partial charge in [-0.15, -0.1) is 0 Å². The van der Waals surface area contributed by atoms with Crippen LogP contribution in [-0.2, 0) is 13.7 Å². The Balaban J connectivity index is 2.77. The van der Waals surface area contributed by atoms with E-state index in [4.69, 9.17) is 5.11 Å². The molecule has 0 aliphatic rings. The van der Waals surface area contributed by atoms with Crippen molar-refractivity contribution < 1.29 is 5.11 Å². The van der Waals surface area contributed by atoms with Crippen molar-refractivity contribution in [1.82, 2.24) is 9.55 Å². The van der Waals surface area contributed by atoms with Gasteiger partial charge in [0.15, 0.2) is 0 Å². The molecule has 0 spiro atoms. The minimum Gasteiger partial charge on any atom is -0.388 e. The maximum Gasteiger partial charge on any atom is 0.135 e. The number of nitrogens with zero attached hydrogens (tertiary/aromatic N) is 2. The van der Waals surface area contributed by atoms with Gasteiger partial charge in [-0.1, -0.05) is 6.07 Å². The van der Waals surface area contributed by atoms with Crippen LogP contribution in [0.4, 0.5) is 0 Å². The molecule has 2 aromatic rings. The van der Waals surface area contributed by atoms with E-state index in [1.54, 1.807) is 0 Å². The van der Waals surface area contributed by atoms with Crippen molar-refractivity contribution in [2.24, 2.45) is 7.05 Å². The summed E-state index contributed by atoms with van der Waals surface area (Å²) < 4.78 is 1.92. The third-order valence-electron chi connectivity index (χ3n) is 2.27. The summed E-state index contributed by atoms with van der Waals surface area (Å²) in [7, 11) is 1.92. The first-order valence-corrected chi connectivity index (χ1v) is 4.25. The van der Waals surface area contributed by atoms with E-state index in [-0.39, 0.29) is 6.61 Å². The fourth-order valence-electron chi connectivity index (χ4n) is 1.49. The molecular weight excluding hydrogens is 164 g/mol. The highest BCUT2D eigenvalue weighted by atomic mass is 16.3. The summed E-state index contributed by atoms with van der Waals surface area (Å²) in [6.07, 6.45) is 0. The molecule has 0 aliphatic heterocycles. The van der Waals surface area contributed by atoms with Gasteiger partial charge < -0.3 is 9.67 Å². The van der Waals surface area contributed by atoms with Crippen LogP contribution in [0.5, 0.6) is 0 Å². The van der Waals surface area contributed by atoms with E-state index in [0.717, 1.165) is 11.0 Å². The maximum absolute atomic E-state index is 9.01. The lowest BCUT2D eigenvalue weighted by Gasteiger charge is -1.98.